The second-order valence-corrected chi connectivity index (χ2v) is 2.02. The van der Waals surface area contributed by atoms with Crippen LogP contribution in [-0.2, 0) is 0 Å². The molecule has 0 atom stereocenters. The van der Waals surface area contributed by atoms with Crippen LogP contribution in [0.3, 0.4) is 0 Å². The Morgan fingerprint density at radius 1 is 1.36 bits per heavy atom. The molecule has 0 unspecified atom stereocenters. The molecule has 0 radical (unpaired) electrons. The van der Waals surface area contributed by atoms with E-state index in [-0.39, 0.29) is 5.82 Å². The van der Waals surface area contributed by atoms with Crippen molar-refractivity contribution in [1.29, 1.82) is 0 Å². The molecule has 0 aliphatic rings. The van der Waals surface area contributed by atoms with Gasteiger partial charge < -0.3 is 10.9 Å². The second-order valence-electron chi connectivity index (χ2n) is 2.02. The van der Waals surface area contributed by atoms with Crippen LogP contribution in [0.25, 0.3) is 11.2 Å². The maximum Gasteiger partial charge on any atom is 0.200 e. The minimum absolute atomic E-state index is 0.266. The lowest BCUT2D eigenvalue weighted by Gasteiger charge is -1.91. The van der Waals surface area contributed by atoms with Gasteiger partial charge in [0, 0.05) is 0 Å². The Morgan fingerprint density at radius 3 is 2.91 bits per heavy atom. The molecule has 2 aromatic rings. The Labute approximate surface area is 61.3 Å². The number of fused-ring (bicyclic) bond motifs is 1. The highest BCUT2D eigenvalue weighted by Crippen LogP contribution is 2.11. The zero-order valence-electron chi connectivity index (χ0n) is 5.47. The van der Waals surface area contributed by atoms with Crippen LogP contribution in [-0.4, -0.2) is 24.9 Å². The molecule has 3 N–H and O–H groups in total. The van der Waals surface area contributed by atoms with Gasteiger partial charge in [-0.15, -0.1) is 0 Å². The fraction of sp³-hybridized carbons (Fsp3) is 0. The van der Waals surface area contributed by atoms with E-state index < -0.39 is 0 Å². The van der Waals surface area contributed by atoms with Gasteiger partial charge in [0.25, 0.3) is 0 Å². The quantitative estimate of drug-likeness (QED) is 0.502. The summed E-state index contributed by atoms with van der Waals surface area (Å²) in [4.78, 5) is 11.2. The first kappa shape index (κ1) is 5.90. The number of hydrogen-bond donors (Lipinski definition) is 2. The number of nitrogens with zero attached hydrogens (tertiary/aromatic N) is 4. The standard InChI is InChI=1S/C5H5N5O/c6-4-3-5(8-1-7-4)10(11)2-9-3/h1-2,11H,(H2,6,7,8). The molecule has 0 saturated carbocycles. The number of imidazole rings is 1. The Bertz CT molecular complexity index is 395. The smallest absolute Gasteiger partial charge is 0.200 e. The number of hydrogen-bond acceptors (Lipinski definition) is 5. The zero-order chi connectivity index (χ0) is 7.84. The first-order valence-electron chi connectivity index (χ1n) is 2.92. The van der Waals surface area contributed by atoms with E-state index in [0.29, 0.717) is 11.2 Å². The van der Waals surface area contributed by atoms with Gasteiger partial charge in [-0.05, 0) is 0 Å². The number of anilines is 1. The average molecular weight is 151 g/mol. The van der Waals surface area contributed by atoms with Crippen LogP contribution in [0.2, 0.25) is 0 Å². The van der Waals surface area contributed by atoms with Crippen molar-refractivity contribution >= 4 is 17.0 Å². The van der Waals surface area contributed by atoms with Crippen LogP contribution in [0.5, 0.6) is 0 Å². The van der Waals surface area contributed by atoms with Gasteiger partial charge in [-0.1, -0.05) is 0 Å². The summed E-state index contributed by atoms with van der Waals surface area (Å²) in [6.45, 7) is 0. The largest absolute Gasteiger partial charge is 0.425 e. The van der Waals surface area contributed by atoms with Crippen molar-refractivity contribution in [2.45, 2.75) is 0 Å². The van der Waals surface area contributed by atoms with Gasteiger partial charge in [0.1, 0.15) is 12.7 Å². The molecule has 0 spiro atoms. The van der Waals surface area contributed by atoms with Crippen molar-refractivity contribution in [3.8, 4) is 0 Å². The predicted octanol–water partition coefficient (Wildman–Crippen LogP) is -0.354. The molecule has 56 valence electrons. The van der Waals surface area contributed by atoms with Crippen molar-refractivity contribution in [1.82, 2.24) is 19.7 Å². The Balaban J connectivity index is 2.94. The van der Waals surface area contributed by atoms with Crippen LogP contribution in [0.1, 0.15) is 0 Å². The molecule has 0 aliphatic heterocycles. The van der Waals surface area contributed by atoms with Gasteiger partial charge in [-0.3, -0.25) is 0 Å². The highest BCUT2D eigenvalue weighted by atomic mass is 16.5. The highest BCUT2D eigenvalue weighted by molar-refractivity contribution is 5.80. The second kappa shape index (κ2) is 1.82. The van der Waals surface area contributed by atoms with E-state index in [1.165, 1.54) is 12.7 Å². The van der Waals surface area contributed by atoms with E-state index in [0.717, 1.165) is 4.73 Å². The summed E-state index contributed by atoms with van der Waals surface area (Å²) in [5.74, 6) is 0.266. The lowest BCUT2D eigenvalue weighted by Crippen LogP contribution is -1.94. The molecule has 0 aromatic carbocycles. The van der Waals surface area contributed by atoms with Crippen LogP contribution in [0.4, 0.5) is 5.82 Å². The minimum atomic E-state index is 0.266. The average Bonchev–Trinajstić information content (AvgIpc) is 2.35. The Hall–Kier alpha value is -1.85. The Kier molecular flexibility index (Phi) is 0.974. The number of nitrogens with two attached hydrogens (primary N) is 1. The summed E-state index contributed by atoms with van der Waals surface area (Å²) in [5.41, 5.74) is 6.16. The van der Waals surface area contributed by atoms with Crippen molar-refractivity contribution in [2.24, 2.45) is 0 Å². The zero-order valence-corrected chi connectivity index (χ0v) is 5.47. The van der Waals surface area contributed by atoms with E-state index in [1.54, 1.807) is 0 Å². The third-order valence-corrected chi connectivity index (χ3v) is 1.34. The first-order valence-corrected chi connectivity index (χ1v) is 2.92. The van der Waals surface area contributed by atoms with Gasteiger partial charge in [0.05, 0.1) is 0 Å². The minimum Gasteiger partial charge on any atom is -0.425 e. The van der Waals surface area contributed by atoms with Gasteiger partial charge in [0.2, 0.25) is 5.65 Å². The van der Waals surface area contributed by atoms with E-state index in [2.05, 4.69) is 15.0 Å². The Morgan fingerprint density at radius 2 is 2.18 bits per heavy atom. The molecule has 6 nitrogen and oxygen atoms in total. The predicted molar refractivity (Wildman–Crippen MR) is 36.9 cm³/mol. The molecule has 0 bridgehead atoms. The molecule has 11 heavy (non-hydrogen) atoms. The van der Waals surface area contributed by atoms with E-state index >= 15 is 0 Å². The number of nitrogen functional groups attached to an aromatic ring is 1. The van der Waals surface area contributed by atoms with Gasteiger partial charge >= 0.3 is 0 Å². The molecule has 0 fully saturated rings. The van der Waals surface area contributed by atoms with Crippen LogP contribution < -0.4 is 5.73 Å². The molecule has 2 heterocycles. The van der Waals surface area contributed by atoms with Crippen molar-refractivity contribution in [3.05, 3.63) is 12.7 Å². The summed E-state index contributed by atoms with van der Waals surface area (Å²) in [6.07, 6.45) is 2.49. The normalized spacial score (nSPS) is 10.5. The van der Waals surface area contributed by atoms with E-state index in [9.17, 15) is 0 Å². The summed E-state index contributed by atoms with van der Waals surface area (Å²) < 4.78 is 0.799. The maximum absolute atomic E-state index is 9.04. The van der Waals surface area contributed by atoms with Gasteiger partial charge in [-0.2, -0.15) is 4.73 Å². The van der Waals surface area contributed by atoms with Crippen molar-refractivity contribution < 1.29 is 5.21 Å². The molecule has 6 heteroatoms. The van der Waals surface area contributed by atoms with Crippen molar-refractivity contribution in [3.63, 3.8) is 0 Å². The molecule has 0 saturated heterocycles. The fourth-order valence-corrected chi connectivity index (χ4v) is 0.841. The number of rotatable bonds is 0. The fourth-order valence-electron chi connectivity index (χ4n) is 0.841. The highest BCUT2D eigenvalue weighted by Gasteiger charge is 2.04. The first-order chi connectivity index (χ1) is 5.29. The summed E-state index contributed by atoms with van der Waals surface area (Å²) in [7, 11) is 0. The number of aromatic nitrogens is 4. The third-order valence-electron chi connectivity index (χ3n) is 1.34. The van der Waals surface area contributed by atoms with Gasteiger partial charge in [0.15, 0.2) is 11.3 Å². The van der Waals surface area contributed by atoms with E-state index in [1.807, 2.05) is 0 Å². The van der Waals surface area contributed by atoms with Crippen molar-refractivity contribution in [2.75, 3.05) is 5.73 Å². The molecule has 0 amide bonds. The van der Waals surface area contributed by atoms with Crippen LogP contribution in [0, 0.1) is 0 Å². The lowest BCUT2D eigenvalue weighted by atomic mass is 10.5. The summed E-state index contributed by atoms with van der Waals surface area (Å²) in [6, 6.07) is 0. The summed E-state index contributed by atoms with van der Waals surface area (Å²) >= 11 is 0. The van der Waals surface area contributed by atoms with Gasteiger partial charge in [-0.25, -0.2) is 15.0 Å². The van der Waals surface area contributed by atoms with Crippen LogP contribution in [0.15, 0.2) is 12.7 Å². The molecule has 0 aliphatic carbocycles. The molecular formula is C5H5N5O. The monoisotopic (exact) mass is 151 g/mol. The molecular weight excluding hydrogens is 146 g/mol. The third kappa shape index (κ3) is 0.689. The molecule has 2 aromatic heterocycles. The maximum atomic E-state index is 9.04. The summed E-state index contributed by atoms with van der Waals surface area (Å²) in [5, 5.41) is 9.04. The van der Waals surface area contributed by atoms with Crippen LogP contribution >= 0.6 is 0 Å². The van der Waals surface area contributed by atoms with E-state index in [4.69, 9.17) is 10.9 Å². The SMILES string of the molecule is Nc1ncnc2c1ncn2O. The molecule has 2 rings (SSSR count). The topological polar surface area (TPSA) is 89.9 Å². The lowest BCUT2D eigenvalue weighted by molar-refractivity contribution is 0.196.